The summed E-state index contributed by atoms with van der Waals surface area (Å²) in [5.41, 5.74) is -0.854. The molecule has 0 unspecified atom stereocenters. The molecule has 0 saturated carbocycles. The number of carbonyl (C=O) groups is 1. The highest BCUT2D eigenvalue weighted by Crippen LogP contribution is 2.26. The van der Waals surface area contributed by atoms with E-state index in [2.05, 4.69) is 9.68 Å². The van der Waals surface area contributed by atoms with Crippen LogP contribution in [0.2, 0.25) is 0 Å². The zero-order valence-electron chi connectivity index (χ0n) is 8.08. The molecule has 0 aliphatic heterocycles. The van der Waals surface area contributed by atoms with Gasteiger partial charge in [-0.25, -0.2) is 18.0 Å². The minimum absolute atomic E-state index is 0.293. The van der Waals surface area contributed by atoms with Crippen LogP contribution in [0.4, 0.5) is 13.2 Å². The molecule has 4 nitrogen and oxygen atoms in total. The molecule has 0 aliphatic carbocycles. The largest absolute Gasteiger partial charge is 0.476 e. The van der Waals surface area contributed by atoms with Crippen molar-refractivity contribution < 1.29 is 27.6 Å². The molecule has 0 saturated heterocycles. The summed E-state index contributed by atoms with van der Waals surface area (Å²) in [6.07, 6.45) is 0. The predicted molar refractivity (Wildman–Crippen MR) is 48.8 cm³/mol. The van der Waals surface area contributed by atoms with Crippen molar-refractivity contribution in [1.29, 1.82) is 0 Å². The Morgan fingerprint density at radius 2 is 1.94 bits per heavy atom. The Morgan fingerprint density at radius 3 is 2.53 bits per heavy atom. The average Bonchev–Trinajstić information content (AvgIpc) is 2.75. The predicted octanol–water partition coefficient (Wildman–Crippen LogP) is 2.46. The molecule has 1 heterocycles. The van der Waals surface area contributed by atoms with Crippen molar-refractivity contribution in [3.05, 3.63) is 41.3 Å². The summed E-state index contributed by atoms with van der Waals surface area (Å²) < 4.78 is 43.4. The average molecular weight is 243 g/mol. The third-order valence-electron chi connectivity index (χ3n) is 2.03. The van der Waals surface area contributed by atoms with Gasteiger partial charge in [-0.3, -0.25) is 0 Å². The summed E-state index contributed by atoms with van der Waals surface area (Å²) >= 11 is 0. The van der Waals surface area contributed by atoms with Gasteiger partial charge in [0.05, 0.1) is 5.56 Å². The number of nitrogens with zero attached hydrogens (tertiary/aromatic N) is 1. The molecule has 1 aromatic carbocycles. The molecule has 0 fully saturated rings. The second-order valence-corrected chi connectivity index (χ2v) is 3.10. The fraction of sp³-hybridized carbons (Fsp3) is 0. The first-order valence-corrected chi connectivity index (χ1v) is 4.34. The maximum Gasteiger partial charge on any atom is 0.358 e. The summed E-state index contributed by atoms with van der Waals surface area (Å²) in [6.45, 7) is 0. The second-order valence-electron chi connectivity index (χ2n) is 3.10. The van der Waals surface area contributed by atoms with E-state index in [9.17, 15) is 18.0 Å². The van der Waals surface area contributed by atoms with E-state index in [-0.39, 0.29) is 5.76 Å². The van der Waals surface area contributed by atoms with Gasteiger partial charge in [0, 0.05) is 6.07 Å². The van der Waals surface area contributed by atoms with Gasteiger partial charge in [-0.15, -0.1) is 0 Å². The van der Waals surface area contributed by atoms with E-state index < -0.39 is 34.7 Å². The highest BCUT2D eigenvalue weighted by molar-refractivity contribution is 5.86. The number of hydrogen-bond donors (Lipinski definition) is 1. The summed E-state index contributed by atoms with van der Waals surface area (Å²) in [6, 6.07) is 2.55. The Bertz CT molecular complexity index is 594. The Hall–Kier alpha value is -2.31. The van der Waals surface area contributed by atoms with Gasteiger partial charge in [-0.2, -0.15) is 0 Å². The maximum absolute atomic E-state index is 13.3. The van der Waals surface area contributed by atoms with Gasteiger partial charge in [0.25, 0.3) is 0 Å². The van der Waals surface area contributed by atoms with E-state index in [1.54, 1.807) is 0 Å². The van der Waals surface area contributed by atoms with Crippen LogP contribution in [0.5, 0.6) is 0 Å². The minimum atomic E-state index is -1.66. The number of carboxylic acid groups (broad SMARTS) is 1. The lowest BCUT2D eigenvalue weighted by molar-refractivity contribution is 0.0686. The fourth-order valence-corrected chi connectivity index (χ4v) is 1.22. The van der Waals surface area contributed by atoms with Crippen LogP contribution >= 0.6 is 0 Å². The smallest absolute Gasteiger partial charge is 0.358 e. The molecule has 7 heteroatoms. The Labute approximate surface area is 92.3 Å². The van der Waals surface area contributed by atoms with Crippen LogP contribution in [0.3, 0.4) is 0 Å². The van der Waals surface area contributed by atoms with Crippen molar-refractivity contribution in [2.45, 2.75) is 0 Å². The summed E-state index contributed by atoms with van der Waals surface area (Å²) in [5.74, 6) is -6.13. The van der Waals surface area contributed by atoms with Gasteiger partial charge in [-0.1, -0.05) is 5.16 Å². The normalized spacial score (nSPS) is 10.5. The molecule has 2 aromatic rings. The van der Waals surface area contributed by atoms with Crippen molar-refractivity contribution in [2.75, 3.05) is 0 Å². The van der Waals surface area contributed by atoms with Gasteiger partial charge in [0.15, 0.2) is 28.9 Å². The van der Waals surface area contributed by atoms with E-state index in [0.29, 0.717) is 6.07 Å². The first-order chi connectivity index (χ1) is 8.00. The molecule has 0 aliphatic rings. The lowest BCUT2D eigenvalue weighted by Crippen LogP contribution is -1.95. The van der Waals surface area contributed by atoms with E-state index >= 15 is 0 Å². The first kappa shape index (κ1) is 11.2. The highest BCUT2D eigenvalue weighted by Gasteiger charge is 2.19. The van der Waals surface area contributed by atoms with Gasteiger partial charge in [-0.05, 0) is 12.1 Å². The summed E-state index contributed by atoms with van der Waals surface area (Å²) in [7, 11) is 0. The van der Waals surface area contributed by atoms with E-state index in [4.69, 9.17) is 5.11 Å². The highest BCUT2D eigenvalue weighted by atomic mass is 19.2. The van der Waals surface area contributed by atoms with E-state index in [1.165, 1.54) is 0 Å². The van der Waals surface area contributed by atoms with Gasteiger partial charge in [0.1, 0.15) is 0 Å². The molecule has 0 bridgehead atoms. The van der Waals surface area contributed by atoms with Crippen molar-refractivity contribution in [3.63, 3.8) is 0 Å². The molecule has 0 atom stereocenters. The van der Waals surface area contributed by atoms with Crippen LogP contribution in [-0.4, -0.2) is 16.2 Å². The number of aromatic carboxylic acids is 1. The Kier molecular flexibility index (Phi) is 2.58. The first-order valence-electron chi connectivity index (χ1n) is 4.34. The van der Waals surface area contributed by atoms with Crippen LogP contribution in [-0.2, 0) is 0 Å². The van der Waals surface area contributed by atoms with Crippen LogP contribution in [0.15, 0.2) is 22.7 Å². The number of halogens is 3. The van der Waals surface area contributed by atoms with Crippen LogP contribution in [0.1, 0.15) is 10.5 Å². The minimum Gasteiger partial charge on any atom is -0.476 e. The molecule has 0 amide bonds. The van der Waals surface area contributed by atoms with Gasteiger partial charge >= 0.3 is 5.97 Å². The topological polar surface area (TPSA) is 63.3 Å². The quantitative estimate of drug-likeness (QED) is 0.823. The lowest BCUT2D eigenvalue weighted by Gasteiger charge is -1.99. The van der Waals surface area contributed by atoms with Crippen LogP contribution < -0.4 is 0 Å². The molecule has 0 spiro atoms. The molecule has 88 valence electrons. The number of rotatable bonds is 2. The van der Waals surface area contributed by atoms with Crippen molar-refractivity contribution >= 4 is 5.97 Å². The maximum atomic E-state index is 13.3. The van der Waals surface area contributed by atoms with E-state index in [1.807, 2.05) is 0 Å². The van der Waals surface area contributed by atoms with Crippen molar-refractivity contribution in [2.24, 2.45) is 0 Å². The summed E-state index contributed by atoms with van der Waals surface area (Å²) in [4.78, 5) is 10.5. The molecular weight excluding hydrogens is 239 g/mol. The van der Waals surface area contributed by atoms with Crippen molar-refractivity contribution in [1.82, 2.24) is 5.16 Å². The van der Waals surface area contributed by atoms with Crippen molar-refractivity contribution in [3.8, 4) is 11.3 Å². The fourth-order valence-electron chi connectivity index (χ4n) is 1.22. The number of carboxylic acids is 1. The third kappa shape index (κ3) is 1.86. The third-order valence-corrected chi connectivity index (χ3v) is 2.03. The monoisotopic (exact) mass is 243 g/mol. The standard InChI is InChI=1S/C10H4F3NO3/c11-5-2-1-4(8(12)9(5)13)7-3-6(10(15)16)14-17-7/h1-3H,(H,15,16). The van der Waals surface area contributed by atoms with Gasteiger partial charge < -0.3 is 9.63 Å². The zero-order valence-corrected chi connectivity index (χ0v) is 8.08. The molecule has 0 radical (unpaired) electrons. The summed E-state index contributed by atoms with van der Waals surface area (Å²) in [5, 5.41) is 11.7. The van der Waals surface area contributed by atoms with Crippen LogP contribution in [0, 0.1) is 17.5 Å². The van der Waals surface area contributed by atoms with Crippen LogP contribution in [0.25, 0.3) is 11.3 Å². The van der Waals surface area contributed by atoms with E-state index in [0.717, 1.165) is 12.1 Å². The number of benzene rings is 1. The molecule has 17 heavy (non-hydrogen) atoms. The Morgan fingerprint density at radius 1 is 1.24 bits per heavy atom. The number of aromatic nitrogens is 1. The molecule has 1 N–H and O–H groups in total. The molecule has 2 rings (SSSR count). The molecular formula is C10H4F3NO3. The second kappa shape index (κ2) is 3.93. The van der Waals surface area contributed by atoms with Gasteiger partial charge in [0.2, 0.25) is 0 Å². The molecule has 1 aromatic heterocycles. The zero-order chi connectivity index (χ0) is 12.6. The Balaban J connectivity index is 2.53. The number of hydrogen-bond acceptors (Lipinski definition) is 3. The SMILES string of the molecule is O=C(O)c1cc(-c2ccc(F)c(F)c2F)on1. The lowest BCUT2D eigenvalue weighted by atomic mass is 10.1.